The Kier molecular flexibility index (Phi) is 2.83. The number of phenols is 1. The molecule has 4 rings (SSSR count). The van der Waals surface area contributed by atoms with E-state index in [0.29, 0.717) is 0 Å². The van der Waals surface area contributed by atoms with E-state index in [1.807, 2.05) is 30.3 Å². The standard InChI is InChI=1S/C19H17NO2/c1-19(11-12-19)18-16(13-5-3-2-4-6-13)17(20-22-18)14-7-9-15(21)10-8-14/h2-10,21H,11-12H2,1H3. The maximum Gasteiger partial charge on any atom is 0.151 e. The highest BCUT2D eigenvalue weighted by molar-refractivity contribution is 5.83. The maximum atomic E-state index is 9.49. The van der Waals surface area contributed by atoms with Crippen LogP contribution in [-0.2, 0) is 5.41 Å². The Bertz CT molecular complexity index is 799. The summed E-state index contributed by atoms with van der Waals surface area (Å²) in [6.07, 6.45) is 2.27. The van der Waals surface area contributed by atoms with Gasteiger partial charge in [0.15, 0.2) is 5.76 Å². The molecule has 0 amide bonds. The van der Waals surface area contributed by atoms with Crippen LogP contribution in [0.15, 0.2) is 59.1 Å². The zero-order chi connectivity index (χ0) is 15.2. The Morgan fingerprint density at radius 3 is 2.27 bits per heavy atom. The van der Waals surface area contributed by atoms with Gasteiger partial charge in [0.25, 0.3) is 0 Å². The van der Waals surface area contributed by atoms with Crippen molar-refractivity contribution < 1.29 is 9.63 Å². The molecule has 0 unspecified atom stereocenters. The Labute approximate surface area is 129 Å². The lowest BCUT2D eigenvalue weighted by atomic mass is 9.93. The summed E-state index contributed by atoms with van der Waals surface area (Å²) < 4.78 is 5.75. The summed E-state index contributed by atoms with van der Waals surface area (Å²) in [7, 11) is 0. The summed E-state index contributed by atoms with van der Waals surface area (Å²) in [5.74, 6) is 1.23. The fraction of sp³-hybridized carbons (Fsp3) is 0.211. The first-order valence-corrected chi connectivity index (χ1v) is 7.52. The highest BCUT2D eigenvalue weighted by atomic mass is 16.5. The lowest BCUT2D eigenvalue weighted by molar-refractivity contribution is 0.362. The second-order valence-corrected chi connectivity index (χ2v) is 6.21. The van der Waals surface area contributed by atoms with Gasteiger partial charge in [-0.25, -0.2) is 0 Å². The van der Waals surface area contributed by atoms with E-state index in [2.05, 4.69) is 24.2 Å². The molecule has 0 atom stereocenters. The molecule has 0 saturated heterocycles. The molecule has 3 nitrogen and oxygen atoms in total. The molecule has 3 aromatic rings. The van der Waals surface area contributed by atoms with Crippen LogP contribution in [-0.4, -0.2) is 10.3 Å². The molecule has 0 radical (unpaired) electrons. The summed E-state index contributed by atoms with van der Waals surface area (Å²) in [6.45, 7) is 2.22. The quantitative estimate of drug-likeness (QED) is 0.756. The van der Waals surface area contributed by atoms with E-state index in [4.69, 9.17) is 4.52 Å². The molecule has 0 bridgehead atoms. The molecule has 1 aromatic heterocycles. The average Bonchev–Trinajstić information content (AvgIpc) is 3.13. The van der Waals surface area contributed by atoms with E-state index in [1.54, 1.807) is 12.1 Å². The van der Waals surface area contributed by atoms with Gasteiger partial charge in [0.2, 0.25) is 0 Å². The van der Waals surface area contributed by atoms with Crippen LogP contribution in [0, 0.1) is 0 Å². The smallest absolute Gasteiger partial charge is 0.151 e. The van der Waals surface area contributed by atoms with Crippen molar-refractivity contribution in [3.63, 3.8) is 0 Å². The van der Waals surface area contributed by atoms with Crippen molar-refractivity contribution in [3.8, 4) is 28.1 Å². The first-order valence-electron chi connectivity index (χ1n) is 7.52. The minimum Gasteiger partial charge on any atom is -0.508 e. The van der Waals surface area contributed by atoms with Gasteiger partial charge in [-0.05, 0) is 42.7 Å². The largest absolute Gasteiger partial charge is 0.508 e. The number of rotatable bonds is 3. The van der Waals surface area contributed by atoms with Crippen LogP contribution in [0.3, 0.4) is 0 Å². The van der Waals surface area contributed by atoms with Crippen LogP contribution in [0.2, 0.25) is 0 Å². The van der Waals surface area contributed by atoms with Crippen LogP contribution in [0.4, 0.5) is 0 Å². The molecule has 1 saturated carbocycles. The molecule has 22 heavy (non-hydrogen) atoms. The number of hydrogen-bond donors (Lipinski definition) is 1. The highest BCUT2D eigenvalue weighted by Gasteiger charge is 2.45. The molecule has 1 heterocycles. The van der Waals surface area contributed by atoms with E-state index in [0.717, 1.165) is 41.0 Å². The lowest BCUT2D eigenvalue weighted by Crippen LogP contribution is -2.00. The molecule has 1 aliphatic rings. The third-order valence-corrected chi connectivity index (χ3v) is 4.44. The molecular formula is C19H17NO2. The molecule has 1 N–H and O–H groups in total. The molecule has 0 aliphatic heterocycles. The van der Waals surface area contributed by atoms with Crippen LogP contribution in [0.25, 0.3) is 22.4 Å². The zero-order valence-electron chi connectivity index (χ0n) is 12.4. The fourth-order valence-electron chi connectivity index (χ4n) is 2.81. The zero-order valence-corrected chi connectivity index (χ0v) is 12.4. The van der Waals surface area contributed by atoms with Crippen LogP contribution >= 0.6 is 0 Å². The Hall–Kier alpha value is -2.55. The summed E-state index contributed by atoms with van der Waals surface area (Å²) in [5.41, 5.74) is 4.10. The third kappa shape index (κ3) is 2.10. The number of benzene rings is 2. The van der Waals surface area contributed by atoms with Gasteiger partial charge in [-0.2, -0.15) is 0 Å². The molecule has 0 spiro atoms. The van der Waals surface area contributed by atoms with E-state index in [9.17, 15) is 5.11 Å². The topological polar surface area (TPSA) is 46.3 Å². The van der Waals surface area contributed by atoms with Gasteiger partial charge >= 0.3 is 0 Å². The molecular weight excluding hydrogens is 274 g/mol. The van der Waals surface area contributed by atoms with Crippen molar-refractivity contribution in [2.24, 2.45) is 0 Å². The number of hydrogen-bond acceptors (Lipinski definition) is 3. The Morgan fingerprint density at radius 1 is 0.955 bits per heavy atom. The van der Waals surface area contributed by atoms with E-state index in [1.165, 1.54) is 0 Å². The van der Waals surface area contributed by atoms with Crippen molar-refractivity contribution >= 4 is 0 Å². The van der Waals surface area contributed by atoms with Crippen molar-refractivity contribution in [1.82, 2.24) is 5.16 Å². The molecule has 2 aromatic carbocycles. The van der Waals surface area contributed by atoms with Gasteiger partial charge in [0, 0.05) is 11.0 Å². The summed E-state index contributed by atoms with van der Waals surface area (Å²) in [6, 6.07) is 17.4. The van der Waals surface area contributed by atoms with Gasteiger partial charge in [-0.1, -0.05) is 42.4 Å². The number of aromatic hydroxyl groups is 1. The minimum absolute atomic E-state index is 0.105. The van der Waals surface area contributed by atoms with Gasteiger partial charge in [0.1, 0.15) is 11.4 Å². The second kappa shape index (κ2) is 4.73. The normalized spacial score (nSPS) is 15.7. The maximum absolute atomic E-state index is 9.49. The van der Waals surface area contributed by atoms with Crippen molar-refractivity contribution in [2.45, 2.75) is 25.2 Å². The highest BCUT2D eigenvalue weighted by Crippen LogP contribution is 2.52. The molecule has 110 valence electrons. The molecule has 1 fully saturated rings. The molecule has 1 aliphatic carbocycles. The monoisotopic (exact) mass is 291 g/mol. The predicted molar refractivity (Wildman–Crippen MR) is 85.6 cm³/mol. The second-order valence-electron chi connectivity index (χ2n) is 6.21. The first-order chi connectivity index (χ1) is 10.7. The SMILES string of the molecule is CC1(c2onc(-c3ccc(O)cc3)c2-c2ccccc2)CC1. The summed E-state index contributed by atoms with van der Waals surface area (Å²) in [4.78, 5) is 0. The van der Waals surface area contributed by atoms with Crippen LogP contribution < -0.4 is 0 Å². The third-order valence-electron chi connectivity index (χ3n) is 4.44. The van der Waals surface area contributed by atoms with Crippen molar-refractivity contribution in [1.29, 1.82) is 0 Å². The average molecular weight is 291 g/mol. The van der Waals surface area contributed by atoms with Crippen LogP contribution in [0.5, 0.6) is 5.75 Å². The number of aromatic nitrogens is 1. The first kappa shape index (κ1) is 13.1. The summed E-state index contributed by atoms with van der Waals surface area (Å²) in [5, 5.41) is 13.8. The number of phenolic OH excluding ortho intramolecular Hbond substituents is 1. The Balaban J connectivity index is 1.92. The van der Waals surface area contributed by atoms with Crippen LogP contribution in [0.1, 0.15) is 25.5 Å². The Morgan fingerprint density at radius 2 is 1.64 bits per heavy atom. The van der Waals surface area contributed by atoms with Crippen molar-refractivity contribution in [3.05, 3.63) is 60.4 Å². The van der Waals surface area contributed by atoms with Gasteiger partial charge in [-0.3, -0.25) is 0 Å². The van der Waals surface area contributed by atoms with E-state index >= 15 is 0 Å². The molecule has 3 heteroatoms. The van der Waals surface area contributed by atoms with Crippen molar-refractivity contribution in [2.75, 3.05) is 0 Å². The summed E-state index contributed by atoms with van der Waals surface area (Å²) >= 11 is 0. The van der Waals surface area contributed by atoms with E-state index in [-0.39, 0.29) is 11.2 Å². The lowest BCUT2D eigenvalue weighted by Gasteiger charge is -2.08. The fourth-order valence-corrected chi connectivity index (χ4v) is 2.81. The van der Waals surface area contributed by atoms with E-state index < -0.39 is 0 Å². The predicted octanol–water partition coefficient (Wildman–Crippen LogP) is 4.77. The van der Waals surface area contributed by atoms with Gasteiger partial charge < -0.3 is 9.63 Å². The number of nitrogens with zero attached hydrogens (tertiary/aromatic N) is 1. The van der Waals surface area contributed by atoms with Gasteiger partial charge in [0.05, 0.1) is 5.56 Å². The minimum atomic E-state index is 0.105. The van der Waals surface area contributed by atoms with Gasteiger partial charge in [-0.15, -0.1) is 0 Å².